The van der Waals surface area contributed by atoms with Gasteiger partial charge in [0.15, 0.2) is 0 Å². The van der Waals surface area contributed by atoms with Gasteiger partial charge in [-0.25, -0.2) is 0 Å². The van der Waals surface area contributed by atoms with Crippen molar-refractivity contribution >= 4 is 5.97 Å². The van der Waals surface area contributed by atoms with Crippen molar-refractivity contribution in [1.29, 1.82) is 5.26 Å². The first-order chi connectivity index (χ1) is 12.7. The lowest BCUT2D eigenvalue weighted by molar-refractivity contribution is -0.140. The Morgan fingerprint density at radius 3 is 1.96 bits per heavy atom. The van der Waals surface area contributed by atoms with Gasteiger partial charge in [0, 0.05) is 6.42 Å². The van der Waals surface area contributed by atoms with Crippen LogP contribution in [0.1, 0.15) is 110 Å². The number of hydrogen-bond donors (Lipinski definition) is 0. The van der Waals surface area contributed by atoms with Gasteiger partial charge in [0.05, 0.1) is 32.3 Å². The zero-order valence-corrected chi connectivity index (χ0v) is 17.3. The largest absolute Gasteiger partial charge is 0.469 e. The molecule has 0 N–H and O–H groups in total. The lowest BCUT2D eigenvalue weighted by Gasteiger charge is -2.17. The molecule has 0 radical (unpaired) electrons. The summed E-state index contributed by atoms with van der Waals surface area (Å²) in [6, 6.07) is 2.16. The van der Waals surface area contributed by atoms with Crippen LogP contribution >= 0.6 is 0 Å². The van der Waals surface area contributed by atoms with Crippen LogP contribution in [0.5, 0.6) is 0 Å². The van der Waals surface area contributed by atoms with Gasteiger partial charge in [0.1, 0.15) is 0 Å². The van der Waals surface area contributed by atoms with Gasteiger partial charge < -0.3 is 9.47 Å². The smallest absolute Gasteiger partial charge is 0.305 e. The third-order valence-electron chi connectivity index (χ3n) is 4.83. The van der Waals surface area contributed by atoms with Gasteiger partial charge in [-0.2, -0.15) is 5.26 Å². The van der Waals surface area contributed by atoms with Crippen LogP contribution in [-0.2, 0) is 14.3 Å². The highest BCUT2D eigenvalue weighted by molar-refractivity contribution is 5.68. The number of rotatable bonds is 19. The lowest BCUT2D eigenvalue weighted by atomic mass is 10.0. The molecule has 4 heteroatoms. The monoisotopic (exact) mass is 367 g/mol. The van der Waals surface area contributed by atoms with Crippen LogP contribution in [-0.4, -0.2) is 25.8 Å². The van der Waals surface area contributed by atoms with E-state index in [4.69, 9.17) is 10.00 Å². The number of unbranched alkanes of at least 4 members (excludes halogenated alkanes) is 10. The van der Waals surface area contributed by atoms with E-state index < -0.39 is 0 Å². The van der Waals surface area contributed by atoms with E-state index in [1.54, 1.807) is 0 Å². The third kappa shape index (κ3) is 17.7. The Hall–Kier alpha value is -1.08. The molecule has 0 spiro atoms. The van der Waals surface area contributed by atoms with E-state index in [0.29, 0.717) is 25.6 Å². The first-order valence-corrected chi connectivity index (χ1v) is 10.8. The van der Waals surface area contributed by atoms with Gasteiger partial charge in [0.25, 0.3) is 0 Å². The third-order valence-corrected chi connectivity index (χ3v) is 4.83. The second kappa shape index (κ2) is 20.2. The van der Waals surface area contributed by atoms with Gasteiger partial charge in [0.2, 0.25) is 0 Å². The second-order valence-electron chi connectivity index (χ2n) is 7.19. The summed E-state index contributed by atoms with van der Waals surface area (Å²) >= 11 is 0. The second-order valence-corrected chi connectivity index (χ2v) is 7.19. The standard InChI is InChI=1S/C22H41NO3/c1-3-4-5-12-16-21(26-20-15-19-23)17-13-10-8-6-7-9-11-14-18-22(24)25-2/h21H,3-18,20H2,1-2H3. The quantitative estimate of drug-likeness (QED) is 0.198. The summed E-state index contributed by atoms with van der Waals surface area (Å²) in [4.78, 5) is 11.0. The molecule has 0 aromatic rings. The average Bonchev–Trinajstić information content (AvgIpc) is 2.65. The maximum atomic E-state index is 11.0. The highest BCUT2D eigenvalue weighted by atomic mass is 16.5. The summed E-state index contributed by atoms with van der Waals surface area (Å²) in [7, 11) is 1.45. The number of ether oxygens (including phenoxy) is 2. The summed E-state index contributed by atoms with van der Waals surface area (Å²) in [6.45, 7) is 2.82. The van der Waals surface area contributed by atoms with Crippen molar-refractivity contribution in [3.63, 3.8) is 0 Å². The van der Waals surface area contributed by atoms with Gasteiger partial charge in [-0.05, 0) is 19.3 Å². The molecule has 0 heterocycles. The Balaban J connectivity index is 3.57. The number of esters is 1. The minimum absolute atomic E-state index is 0.0914. The number of hydrogen-bond acceptors (Lipinski definition) is 4. The summed E-state index contributed by atoms with van der Waals surface area (Å²) in [5.41, 5.74) is 0. The highest BCUT2D eigenvalue weighted by Crippen LogP contribution is 2.17. The molecular formula is C22H41NO3. The molecule has 4 nitrogen and oxygen atoms in total. The van der Waals surface area contributed by atoms with Crippen molar-refractivity contribution in [3.8, 4) is 6.07 Å². The molecule has 0 bridgehead atoms. The first-order valence-electron chi connectivity index (χ1n) is 10.8. The molecule has 0 rings (SSSR count). The molecule has 1 atom stereocenters. The van der Waals surface area contributed by atoms with Crippen molar-refractivity contribution < 1.29 is 14.3 Å². The van der Waals surface area contributed by atoms with Crippen LogP contribution in [0, 0.1) is 11.3 Å². The van der Waals surface area contributed by atoms with Gasteiger partial charge in [-0.1, -0.05) is 77.6 Å². The SMILES string of the molecule is CCCCCCC(CCCCCCCCCCC(=O)OC)OCCC#N. The van der Waals surface area contributed by atoms with Gasteiger partial charge >= 0.3 is 5.97 Å². The summed E-state index contributed by atoms with van der Waals surface area (Å²) in [6.07, 6.45) is 18.4. The molecule has 0 aromatic heterocycles. The van der Waals surface area contributed by atoms with E-state index in [0.717, 1.165) is 25.7 Å². The van der Waals surface area contributed by atoms with E-state index >= 15 is 0 Å². The minimum Gasteiger partial charge on any atom is -0.469 e. The molecule has 152 valence electrons. The normalized spacial score (nSPS) is 11.9. The van der Waals surface area contributed by atoms with Crippen LogP contribution in [0.25, 0.3) is 0 Å². The summed E-state index contributed by atoms with van der Waals surface area (Å²) < 4.78 is 10.5. The van der Waals surface area contributed by atoms with E-state index in [9.17, 15) is 4.79 Å². The fraction of sp³-hybridized carbons (Fsp3) is 0.909. The number of carbonyl (C=O) groups excluding carboxylic acids is 1. The van der Waals surface area contributed by atoms with Crippen molar-refractivity contribution in [2.24, 2.45) is 0 Å². The molecular weight excluding hydrogens is 326 g/mol. The highest BCUT2D eigenvalue weighted by Gasteiger charge is 2.08. The molecule has 0 aliphatic heterocycles. The van der Waals surface area contributed by atoms with Crippen molar-refractivity contribution in [2.75, 3.05) is 13.7 Å². The molecule has 0 saturated heterocycles. The molecule has 0 aromatic carbocycles. The topological polar surface area (TPSA) is 59.3 Å². The fourth-order valence-electron chi connectivity index (χ4n) is 3.19. The summed E-state index contributed by atoms with van der Waals surface area (Å²) in [5, 5.41) is 8.66. The molecule has 0 aliphatic rings. The maximum Gasteiger partial charge on any atom is 0.305 e. The number of carbonyl (C=O) groups is 1. The first kappa shape index (κ1) is 24.9. The molecule has 26 heavy (non-hydrogen) atoms. The van der Waals surface area contributed by atoms with Gasteiger partial charge in [-0.3, -0.25) is 4.79 Å². The fourth-order valence-corrected chi connectivity index (χ4v) is 3.19. The Kier molecular flexibility index (Phi) is 19.4. The predicted octanol–water partition coefficient (Wildman–Crippen LogP) is 6.33. The van der Waals surface area contributed by atoms with Crippen molar-refractivity contribution in [1.82, 2.24) is 0 Å². The number of nitriles is 1. The summed E-state index contributed by atoms with van der Waals surface area (Å²) in [5.74, 6) is -0.0914. The Morgan fingerprint density at radius 1 is 0.885 bits per heavy atom. The van der Waals surface area contributed by atoms with Crippen molar-refractivity contribution in [3.05, 3.63) is 0 Å². The number of methoxy groups -OCH3 is 1. The minimum atomic E-state index is -0.0914. The van der Waals surface area contributed by atoms with Crippen molar-refractivity contribution in [2.45, 2.75) is 116 Å². The zero-order valence-electron chi connectivity index (χ0n) is 17.3. The Bertz CT molecular complexity index is 352. The van der Waals surface area contributed by atoms with E-state index in [1.165, 1.54) is 71.3 Å². The van der Waals surface area contributed by atoms with E-state index in [2.05, 4.69) is 17.7 Å². The average molecular weight is 368 g/mol. The van der Waals surface area contributed by atoms with Crippen LogP contribution < -0.4 is 0 Å². The van der Waals surface area contributed by atoms with Crippen LogP contribution in [0.4, 0.5) is 0 Å². The molecule has 0 fully saturated rings. The predicted molar refractivity (Wildman–Crippen MR) is 107 cm³/mol. The Morgan fingerprint density at radius 2 is 1.42 bits per heavy atom. The van der Waals surface area contributed by atoms with Crippen LogP contribution in [0.2, 0.25) is 0 Å². The number of nitrogens with zero attached hydrogens (tertiary/aromatic N) is 1. The molecule has 1 unspecified atom stereocenters. The van der Waals surface area contributed by atoms with Crippen LogP contribution in [0.3, 0.4) is 0 Å². The van der Waals surface area contributed by atoms with Gasteiger partial charge in [-0.15, -0.1) is 0 Å². The maximum absolute atomic E-state index is 11.0. The zero-order chi connectivity index (χ0) is 19.3. The van der Waals surface area contributed by atoms with E-state index in [-0.39, 0.29) is 5.97 Å². The molecule has 0 saturated carbocycles. The molecule has 0 amide bonds. The molecule has 0 aliphatic carbocycles. The lowest BCUT2D eigenvalue weighted by Crippen LogP contribution is -2.14. The van der Waals surface area contributed by atoms with Crippen LogP contribution in [0.15, 0.2) is 0 Å². The Labute approximate surface area is 161 Å². The van der Waals surface area contributed by atoms with E-state index in [1.807, 2.05) is 0 Å².